The molecule has 0 fully saturated rings. The fourth-order valence-electron chi connectivity index (χ4n) is 2.19. The summed E-state index contributed by atoms with van der Waals surface area (Å²) in [6, 6.07) is 4.92. The molecule has 0 aliphatic heterocycles. The Morgan fingerprint density at radius 3 is 2.35 bits per heavy atom. The highest BCUT2D eigenvalue weighted by atomic mass is 16.5. The SMILES string of the molecule is COc1cc2c(C)cc(=O)n(CC(N)=O)c2cc1OC. The highest BCUT2D eigenvalue weighted by Crippen LogP contribution is 2.32. The second-order valence-corrected chi connectivity index (χ2v) is 4.44. The monoisotopic (exact) mass is 276 g/mol. The number of carbonyl (C=O) groups excluding carboxylic acids is 1. The third-order valence-electron chi connectivity index (χ3n) is 3.14. The molecule has 2 N–H and O–H groups in total. The summed E-state index contributed by atoms with van der Waals surface area (Å²) in [7, 11) is 3.05. The van der Waals surface area contributed by atoms with Crippen LogP contribution in [0.25, 0.3) is 10.9 Å². The Balaban J connectivity index is 2.85. The van der Waals surface area contributed by atoms with Gasteiger partial charge in [-0.05, 0) is 18.6 Å². The average Bonchev–Trinajstić information content (AvgIpc) is 2.41. The van der Waals surface area contributed by atoms with Crippen molar-refractivity contribution in [2.75, 3.05) is 14.2 Å². The molecule has 20 heavy (non-hydrogen) atoms. The lowest BCUT2D eigenvalue weighted by Gasteiger charge is -2.14. The van der Waals surface area contributed by atoms with Gasteiger partial charge in [-0.3, -0.25) is 14.2 Å². The number of aryl methyl sites for hydroxylation is 1. The maximum Gasteiger partial charge on any atom is 0.251 e. The number of hydrogen-bond donors (Lipinski definition) is 1. The third kappa shape index (κ3) is 2.32. The summed E-state index contributed by atoms with van der Waals surface area (Å²) in [5.74, 6) is 0.475. The number of fused-ring (bicyclic) bond motifs is 1. The Morgan fingerprint density at radius 1 is 1.20 bits per heavy atom. The van der Waals surface area contributed by atoms with Crippen molar-refractivity contribution in [1.82, 2.24) is 4.57 Å². The Morgan fingerprint density at radius 2 is 1.80 bits per heavy atom. The molecule has 1 aromatic heterocycles. The van der Waals surface area contributed by atoms with Gasteiger partial charge in [0.15, 0.2) is 11.5 Å². The molecule has 0 radical (unpaired) electrons. The van der Waals surface area contributed by atoms with Gasteiger partial charge in [0.1, 0.15) is 6.54 Å². The normalized spacial score (nSPS) is 10.6. The maximum absolute atomic E-state index is 12.0. The molecule has 106 valence electrons. The van der Waals surface area contributed by atoms with E-state index in [4.69, 9.17) is 15.2 Å². The van der Waals surface area contributed by atoms with Crippen LogP contribution in [0.15, 0.2) is 23.0 Å². The van der Waals surface area contributed by atoms with E-state index in [1.807, 2.05) is 6.92 Å². The quantitative estimate of drug-likeness (QED) is 0.895. The van der Waals surface area contributed by atoms with E-state index in [0.29, 0.717) is 17.0 Å². The summed E-state index contributed by atoms with van der Waals surface area (Å²) >= 11 is 0. The van der Waals surface area contributed by atoms with Crippen molar-refractivity contribution >= 4 is 16.8 Å². The fourth-order valence-corrected chi connectivity index (χ4v) is 2.19. The number of rotatable bonds is 4. The molecular weight excluding hydrogens is 260 g/mol. The molecule has 6 nitrogen and oxygen atoms in total. The van der Waals surface area contributed by atoms with Gasteiger partial charge in [0, 0.05) is 17.5 Å². The van der Waals surface area contributed by atoms with E-state index in [1.165, 1.54) is 17.7 Å². The van der Waals surface area contributed by atoms with Gasteiger partial charge >= 0.3 is 0 Å². The van der Waals surface area contributed by atoms with Crippen molar-refractivity contribution in [1.29, 1.82) is 0 Å². The molecule has 0 atom stereocenters. The number of ether oxygens (including phenoxy) is 2. The molecule has 0 aliphatic carbocycles. The standard InChI is InChI=1S/C14H16N2O4/c1-8-4-14(18)16(7-13(15)17)10-6-12(20-3)11(19-2)5-9(8)10/h4-6H,7H2,1-3H3,(H2,15,17). The predicted molar refractivity (Wildman–Crippen MR) is 75.2 cm³/mol. The molecule has 0 unspecified atom stereocenters. The highest BCUT2D eigenvalue weighted by Gasteiger charge is 2.13. The van der Waals surface area contributed by atoms with Crippen molar-refractivity contribution in [3.63, 3.8) is 0 Å². The molecular formula is C14H16N2O4. The number of primary amides is 1. The number of methoxy groups -OCH3 is 2. The molecule has 0 bridgehead atoms. The number of amides is 1. The maximum atomic E-state index is 12.0. The number of nitrogens with zero attached hydrogens (tertiary/aromatic N) is 1. The van der Waals surface area contributed by atoms with E-state index >= 15 is 0 Å². The van der Waals surface area contributed by atoms with Gasteiger partial charge in [-0.25, -0.2) is 0 Å². The van der Waals surface area contributed by atoms with Gasteiger partial charge in [0.05, 0.1) is 19.7 Å². The number of aromatic nitrogens is 1. The van der Waals surface area contributed by atoms with Crippen molar-refractivity contribution in [3.8, 4) is 11.5 Å². The number of benzene rings is 1. The lowest BCUT2D eigenvalue weighted by atomic mass is 10.1. The largest absolute Gasteiger partial charge is 0.493 e. The number of nitrogens with two attached hydrogens (primary N) is 1. The topological polar surface area (TPSA) is 83.5 Å². The van der Waals surface area contributed by atoms with E-state index in [0.717, 1.165) is 10.9 Å². The second kappa shape index (κ2) is 5.24. The van der Waals surface area contributed by atoms with Crippen molar-refractivity contribution in [3.05, 3.63) is 34.1 Å². The molecule has 6 heteroatoms. The van der Waals surface area contributed by atoms with E-state index in [-0.39, 0.29) is 12.1 Å². The van der Waals surface area contributed by atoms with Crippen LogP contribution >= 0.6 is 0 Å². The van der Waals surface area contributed by atoms with Crippen LogP contribution in [-0.4, -0.2) is 24.7 Å². The van der Waals surface area contributed by atoms with Gasteiger partial charge in [0.25, 0.3) is 5.56 Å². The molecule has 0 saturated heterocycles. The van der Waals surface area contributed by atoms with E-state index < -0.39 is 5.91 Å². The summed E-state index contributed by atoms with van der Waals surface area (Å²) in [6.45, 7) is 1.65. The molecule has 1 aromatic carbocycles. The summed E-state index contributed by atoms with van der Waals surface area (Å²) < 4.78 is 11.8. The Kier molecular flexibility index (Phi) is 3.65. The zero-order chi connectivity index (χ0) is 14.9. The van der Waals surface area contributed by atoms with E-state index in [9.17, 15) is 9.59 Å². The first-order valence-corrected chi connectivity index (χ1v) is 6.02. The molecule has 2 aromatic rings. The Hall–Kier alpha value is -2.50. The number of pyridine rings is 1. The average molecular weight is 276 g/mol. The van der Waals surface area contributed by atoms with E-state index in [2.05, 4.69) is 0 Å². The highest BCUT2D eigenvalue weighted by molar-refractivity contribution is 5.87. The first-order chi connectivity index (χ1) is 9.47. The zero-order valence-electron chi connectivity index (χ0n) is 11.6. The summed E-state index contributed by atoms with van der Waals surface area (Å²) in [4.78, 5) is 23.2. The summed E-state index contributed by atoms with van der Waals surface area (Å²) in [6.07, 6.45) is 0. The molecule has 1 amide bonds. The van der Waals surface area contributed by atoms with Crippen LogP contribution in [0.5, 0.6) is 11.5 Å². The Bertz CT molecular complexity index is 734. The van der Waals surface area contributed by atoms with Crippen LogP contribution in [0.4, 0.5) is 0 Å². The van der Waals surface area contributed by atoms with Gasteiger partial charge < -0.3 is 15.2 Å². The van der Waals surface area contributed by atoms with Crippen LogP contribution in [0.1, 0.15) is 5.56 Å². The molecule has 2 rings (SSSR count). The Labute approximate surface area is 115 Å². The van der Waals surface area contributed by atoms with Gasteiger partial charge in [-0.15, -0.1) is 0 Å². The minimum absolute atomic E-state index is 0.175. The van der Waals surface area contributed by atoms with Crippen LogP contribution in [0.2, 0.25) is 0 Å². The van der Waals surface area contributed by atoms with Crippen LogP contribution in [-0.2, 0) is 11.3 Å². The summed E-state index contributed by atoms with van der Waals surface area (Å²) in [5, 5.41) is 0.809. The van der Waals surface area contributed by atoms with Crippen LogP contribution in [0.3, 0.4) is 0 Å². The minimum Gasteiger partial charge on any atom is -0.493 e. The first-order valence-electron chi connectivity index (χ1n) is 6.02. The molecule has 0 saturated carbocycles. The van der Waals surface area contributed by atoms with Crippen molar-refractivity contribution < 1.29 is 14.3 Å². The van der Waals surface area contributed by atoms with Crippen molar-refractivity contribution in [2.24, 2.45) is 5.73 Å². The van der Waals surface area contributed by atoms with Crippen LogP contribution in [0, 0.1) is 6.92 Å². The van der Waals surface area contributed by atoms with Gasteiger partial charge in [-0.2, -0.15) is 0 Å². The smallest absolute Gasteiger partial charge is 0.251 e. The van der Waals surface area contributed by atoms with Gasteiger partial charge in [0.2, 0.25) is 5.91 Å². The second-order valence-electron chi connectivity index (χ2n) is 4.44. The van der Waals surface area contributed by atoms with Gasteiger partial charge in [-0.1, -0.05) is 0 Å². The van der Waals surface area contributed by atoms with E-state index in [1.54, 1.807) is 19.2 Å². The fraction of sp³-hybridized carbons (Fsp3) is 0.286. The van der Waals surface area contributed by atoms with Crippen molar-refractivity contribution in [2.45, 2.75) is 13.5 Å². The van der Waals surface area contributed by atoms with Crippen LogP contribution < -0.4 is 20.8 Å². The predicted octanol–water partition coefficient (Wildman–Crippen LogP) is 0.812. The zero-order valence-corrected chi connectivity index (χ0v) is 11.6. The number of hydrogen-bond acceptors (Lipinski definition) is 4. The first kappa shape index (κ1) is 13.9. The molecule has 0 aliphatic rings. The summed E-state index contributed by atoms with van der Waals surface area (Å²) in [5.41, 5.74) is 6.30. The third-order valence-corrected chi connectivity index (χ3v) is 3.14. The number of carbonyl (C=O) groups is 1. The lowest BCUT2D eigenvalue weighted by molar-refractivity contribution is -0.118. The molecule has 1 heterocycles. The lowest BCUT2D eigenvalue weighted by Crippen LogP contribution is -2.28. The minimum atomic E-state index is -0.577. The molecule has 0 spiro atoms.